The number of benzene rings is 1. The molecular formula is C12H16BrClN2O. The summed E-state index contributed by atoms with van der Waals surface area (Å²) in [5.74, 6) is -0.0251. The number of hydrogen-bond donors (Lipinski definition) is 2. The van der Waals surface area contributed by atoms with Crippen molar-refractivity contribution >= 4 is 39.1 Å². The number of rotatable bonds is 5. The van der Waals surface area contributed by atoms with Gasteiger partial charge in [0.15, 0.2) is 0 Å². The van der Waals surface area contributed by atoms with E-state index in [4.69, 9.17) is 11.6 Å². The third-order valence-corrected chi connectivity index (χ3v) is 3.07. The zero-order valence-corrected chi connectivity index (χ0v) is 12.2. The molecule has 1 atom stereocenters. The predicted molar refractivity (Wildman–Crippen MR) is 75.5 cm³/mol. The molecule has 1 unspecified atom stereocenters. The first-order valence-corrected chi connectivity index (χ1v) is 6.71. The molecule has 0 aliphatic heterocycles. The van der Waals surface area contributed by atoms with Crippen molar-refractivity contribution in [3.8, 4) is 0 Å². The van der Waals surface area contributed by atoms with Gasteiger partial charge in [-0.25, -0.2) is 0 Å². The van der Waals surface area contributed by atoms with Crippen molar-refractivity contribution in [1.29, 1.82) is 0 Å². The first-order valence-electron chi connectivity index (χ1n) is 5.54. The van der Waals surface area contributed by atoms with Crippen molar-refractivity contribution in [2.45, 2.75) is 26.3 Å². The van der Waals surface area contributed by atoms with E-state index in [0.717, 1.165) is 16.6 Å². The van der Waals surface area contributed by atoms with Crippen molar-refractivity contribution < 1.29 is 4.79 Å². The van der Waals surface area contributed by atoms with Crippen molar-refractivity contribution in [3.05, 3.63) is 27.7 Å². The van der Waals surface area contributed by atoms with Crippen molar-refractivity contribution in [3.63, 3.8) is 0 Å². The van der Waals surface area contributed by atoms with Crippen LogP contribution in [0.4, 0.5) is 5.69 Å². The first kappa shape index (κ1) is 14.3. The highest BCUT2D eigenvalue weighted by atomic mass is 79.9. The Labute approximate surface area is 115 Å². The molecule has 0 fully saturated rings. The van der Waals surface area contributed by atoms with Gasteiger partial charge in [0.2, 0.25) is 5.91 Å². The number of nitrogens with one attached hydrogen (secondary N) is 2. The molecule has 0 spiro atoms. The lowest BCUT2D eigenvalue weighted by Crippen LogP contribution is -2.37. The summed E-state index contributed by atoms with van der Waals surface area (Å²) < 4.78 is 0.922. The fourth-order valence-corrected chi connectivity index (χ4v) is 1.84. The average molecular weight is 320 g/mol. The molecule has 0 aliphatic rings. The van der Waals surface area contributed by atoms with E-state index in [0.29, 0.717) is 11.6 Å². The molecule has 17 heavy (non-hydrogen) atoms. The van der Waals surface area contributed by atoms with Gasteiger partial charge in [0.25, 0.3) is 0 Å². The maximum absolute atomic E-state index is 11.7. The van der Waals surface area contributed by atoms with E-state index in [-0.39, 0.29) is 11.9 Å². The molecule has 5 heteroatoms. The lowest BCUT2D eigenvalue weighted by atomic mass is 10.2. The normalized spacial score (nSPS) is 12.0. The smallest absolute Gasteiger partial charge is 0.242 e. The molecular weight excluding hydrogens is 304 g/mol. The number of anilines is 1. The topological polar surface area (TPSA) is 41.1 Å². The molecule has 0 saturated carbocycles. The van der Waals surface area contributed by atoms with E-state index in [1.165, 1.54) is 0 Å². The molecule has 1 aromatic carbocycles. The number of carbonyl (C=O) groups excluding carboxylic acids is 1. The van der Waals surface area contributed by atoms with Crippen molar-refractivity contribution in [2.75, 3.05) is 11.9 Å². The Morgan fingerprint density at radius 1 is 1.53 bits per heavy atom. The number of hydrogen-bond acceptors (Lipinski definition) is 2. The Kier molecular flexibility index (Phi) is 5.78. The summed E-state index contributed by atoms with van der Waals surface area (Å²) in [6.45, 7) is 4.52. The summed E-state index contributed by atoms with van der Waals surface area (Å²) >= 11 is 9.40. The molecule has 0 aromatic heterocycles. The standard InChI is InChI=1S/C12H16BrClN2O/c1-3-6-15-12(17)8(2)16-11-7-9(13)4-5-10(11)14/h4-5,7-8,16H,3,6H2,1-2H3,(H,15,17). The molecule has 3 nitrogen and oxygen atoms in total. The summed E-state index contributed by atoms with van der Waals surface area (Å²) in [6, 6.07) is 5.18. The summed E-state index contributed by atoms with van der Waals surface area (Å²) in [6.07, 6.45) is 0.927. The van der Waals surface area contributed by atoms with Crippen LogP contribution in [0, 0.1) is 0 Å². The lowest BCUT2D eigenvalue weighted by molar-refractivity contribution is -0.121. The van der Waals surface area contributed by atoms with E-state index >= 15 is 0 Å². The van der Waals surface area contributed by atoms with Crippen LogP contribution in [0.25, 0.3) is 0 Å². The highest BCUT2D eigenvalue weighted by Crippen LogP contribution is 2.26. The minimum Gasteiger partial charge on any atom is -0.373 e. The van der Waals surface area contributed by atoms with Gasteiger partial charge in [-0.05, 0) is 31.5 Å². The molecule has 1 rings (SSSR count). The molecule has 0 radical (unpaired) electrons. The van der Waals surface area contributed by atoms with Crippen LogP contribution in [0.5, 0.6) is 0 Å². The van der Waals surface area contributed by atoms with Crippen LogP contribution in [-0.2, 0) is 4.79 Å². The Balaban J connectivity index is 2.64. The quantitative estimate of drug-likeness (QED) is 0.873. The minimum atomic E-state index is -0.312. The van der Waals surface area contributed by atoms with Gasteiger partial charge in [0, 0.05) is 11.0 Å². The number of carbonyl (C=O) groups is 1. The Morgan fingerprint density at radius 3 is 2.88 bits per heavy atom. The summed E-state index contributed by atoms with van der Waals surface area (Å²) in [4.78, 5) is 11.7. The van der Waals surface area contributed by atoms with Crippen molar-refractivity contribution in [2.24, 2.45) is 0 Å². The Hall–Kier alpha value is -0.740. The van der Waals surface area contributed by atoms with Crippen LogP contribution in [0.3, 0.4) is 0 Å². The Morgan fingerprint density at radius 2 is 2.24 bits per heavy atom. The van der Waals surface area contributed by atoms with E-state index in [1.807, 2.05) is 26.0 Å². The third-order valence-electron chi connectivity index (χ3n) is 2.24. The van der Waals surface area contributed by atoms with Crippen LogP contribution in [0.2, 0.25) is 5.02 Å². The van der Waals surface area contributed by atoms with Gasteiger partial charge in [0.1, 0.15) is 6.04 Å². The minimum absolute atomic E-state index is 0.0251. The van der Waals surface area contributed by atoms with E-state index < -0.39 is 0 Å². The van der Waals surface area contributed by atoms with Gasteiger partial charge >= 0.3 is 0 Å². The van der Waals surface area contributed by atoms with E-state index in [1.54, 1.807) is 6.07 Å². The third kappa shape index (κ3) is 4.56. The predicted octanol–water partition coefficient (Wildman–Crippen LogP) is 3.43. The summed E-state index contributed by atoms with van der Waals surface area (Å²) in [5.41, 5.74) is 0.750. The Bertz CT molecular complexity index is 398. The summed E-state index contributed by atoms with van der Waals surface area (Å²) in [7, 11) is 0. The molecule has 2 N–H and O–H groups in total. The molecule has 0 heterocycles. The van der Waals surface area contributed by atoms with Gasteiger partial charge in [0.05, 0.1) is 10.7 Å². The second-order valence-electron chi connectivity index (χ2n) is 3.78. The molecule has 94 valence electrons. The SMILES string of the molecule is CCCNC(=O)C(C)Nc1cc(Br)ccc1Cl. The van der Waals surface area contributed by atoms with Crippen molar-refractivity contribution in [1.82, 2.24) is 5.32 Å². The highest BCUT2D eigenvalue weighted by Gasteiger charge is 2.13. The second-order valence-corrected chi connectivity index (χ2v) is 5.10. The largest absolute Gasteiger partial charge is 0.373 e. The maximum Gasteiger partial charge on any atom is 0.242 e. The van der Waals surface area contributed by atoms with Gasteiger partial charge < -0.3 is 10.6 Å². The average Bonchev–Trinajstić information content (AvgIpc) is 2.30. The fourth-order valence-electron chi connectivity index (χ4n) is 1.31. The maximum atomic E-state index is 11.7. The number of halogens is 2. The van der Waals surface area contributed by atoms with E-state index in [2.05, 4.69) is 26.6 Å². The fraction of sp³-hybridized carbons (Fsp3) is 0.417. The highest BCUT2D eigenvalue weighted by molar-refractivity contribution is 9.10. The zero-order valence-electron chi connectivity index (χ0n) is 9.89. The molecule has 1 aromatic rings. The zero-order chi connectivity index (χ0) is 12.8. The van der Waals surface area contributed by atoms with Crippen LogP contribution in [0.15, 0.2) is 22.7 Å². The molecule has 0 saturated heterocycles. The van der Waals surface area contributed by atoms with Gasteiger partial charge in [-0.3, -0.25) is 4.79 Å². The van der Waals surface area contributed by atoms with Gasteiger partial charge in [-0.1, -0.05) is 34.5 Å². The lowest BCUT2D eigenvalue weighted by Gasteiger charge is -2.16. The molecule has 0 aliphatic carbocycles. The molecule has 1 amide bonds. The first-order chi connectivity index (χ1) is 8.04. The van der Waals surface area contributed by atoms with Crippen LogP contribution >= 0.6 is 27.5 Å². The van der Waals surface area contributed by atoms with Crippen LogP contribution in [0.1, 0.15) is 20.3 Å². The van der Waals surface area contributed by atoms with Gasteiger partial charge in [-0.15, -0.1) is 0 Å². The number of amides is 1. The van der Waals surface area contributed by atoms with Crippen LogP contribution in [-0.4, -0.2) is 18.5 Å². The van der Waals surface area contributed by atoms with Gasteiger partial charge in [-0.2, -0.15) is 0 Å². The second kappa shape index (κ2) is 6.87. The summed E-state index contributed by atoms with van der Waals surface area (Å²) in [5, 5.41) is 6.52. The van der Waals surface area contributed by atoms with Crippen LogP contribution < -0.4 is 10.6 Å². The monoisotopic (exact) mass is 318 g/mol. The van der Waals surface area contributed by atoms with E-state index in [9.17, 15) is 4.79 Å². The molecule has 0 bridgehead atoms.